The Morgan fingerprint density at radius 2 is 1.90 bits per heavy atom. The van der Waals surface area contributed by atoms with Gasteiger partial charge >= 0.3 is 6.03 Å². The number of piperazine rings is 1. The average Bonchev–Trinajstić information content (AvgIpc) is 3.19. The van der Waals surface area contributed by atoms with Crippen molar-refractivity contribution >= 4 is 29.1 Å². The Kier molecular flexibility index (Phi) is 7.85. The predicted molar refractivity (Wildman–Crippen MR) is 151 cm³/mol. The first kappa shape index (κ1) is 26.7. The molecule has 2 aliphatic heterocycles. The van der Waals surface area contributed by atoms with E-state index in [2.05, 4.69) is 20.6 Å². The molecule has 10 nitrogen and oxygen atoms in total. The second-order valence-electron chi connectivity index (χ2n) is 10.3. The van der Waals surface area contributed by atoms with Gasteiger partial charge in [-0.3, -0.25) is 14.4 Å². The SMILES string of the molecule is CCC(O)CN1CCN(C(=O)NCc2ccc(C(=O)N3Cc4cnn(C)c4Nc4ccccc43)cc2C)CC1. The molecule has 0 saturated carbocycles. The summed E-state index contributed by atoms with van der Waals surface area (Å²) in [6, 6.07) is 13.3. The first-order valence-electron chi connectivity index (χ1n) is 13.6. The predicted octanol–water partition coefficient (Wildman–Crippen LogP) is 3.23. The average molecular weight is 532 g/mol. The number of nitrogens with one attached hydrogen (secondary N) is 2. The van der Waals surface area contributed by atoms with E-state index in [0.717, 1.165) is 53.4 Å². The third-order valence-corrected chi connectivity index (χ3v) is 7.66. The van der Waals surface area contributed by atoms with E-state index < -0.39 is 0 Å². The van der Waals surface area contributed by atoms with Crippen LogP contribution in [0.2, 0.25) is 0 Å². The lowest BCUT2D eigenvalue weighted by molar-refractivity contribution is 0.0791. The molecule has 0 aliphatic carbocycles. The van der Waals surface area contributed by atoms with Gasteiger partial charge in [0, 0.05) is 57.4 Å². The number of aromatic nitrogens is 2. The molecule has 206 valence electrons. The van der Waals surface area contributed by atoms with Crippen LogP contribution >= 0.6 is 0 Å². The molecule has 1 unspecified atom stereocenters. The van der Waals surface area contributed by atoms with Crippen LogP contribution in [0.4, 0.5) is 22.0 Å². The first-order valence-corrected chi connectivity index (χ1v) is 13.6. The normalized spacial score (nSPS) is 16.1. The Balaban J connectivity index is 1.23. The van der Waals surface area contributed by atoms with Crippen molar-refractivity contribution in [2.75, 3.05) is 42.9 Å². The number of rotatable bonds is 6. The van der Waals surface area contributed by atoms with Crippen molar-refractivity contribution in [3.63, 3.8) is 0 Å². The number of para-hydroxylation sites is 2. The molecule has 10 heteroatoms. The number of amides is 3. The van der Waals surface area contributed by atoms with Gasteiger partial charge in [0.25, 0.3) is 5.91 Å². The topological polar surface area (TPSA) is 106 Å². The van der Waals surface area contributed by atoms with Crippen LogP contribution in [-0.2, 0) is 20.1 Å². The van der Waals surface area contributed by atoms with Gasteiger partial charge in [-0.1, -0.05) is 25.1 Å². The summed E-state index contributed by atoms with van der Waals surface area (Å²) >= 11 is 0. The van der Waals surface area contributed by atoms with Crippen LogP contribution in [-0.4, -0.2) is 75.5 Å². The molecule has 0 radical (unpaired) electrons. The molecule has 2 aliphatic rings. The molecule has 39 heavy (non-hydrogen) atoms. The van der Waals surface area contributed by atoms with Crippen molar-refractivity contribution in [2.24, 2.45) is 7.05 Å². The third-order valence-electron chi connectivity index (χ3n) is 7.66. The van der Waals surface area contributed by atoms with Crippen molar-refractivity contribution in [2.45, 2.75) is 39.5 Å². The van der Waals surface area contributed by atoms with E-state index in [4.69, 9.17) is 0 Å². The lowest BCUT2D eigenvalue weighted by Gasteiger charge is -2.35. The zero-order valence-corrected chi connectivity index (χ0v) is 22.9. The maximum atomic E-state index is 13.8. The number of hydrogen-bond acceptors (Lipinski definition) is 6. The Morgan fingerprint density at radius 3 is 2.64 bits per heavy atom. The molecule has 1 atom stereocenters. The molecule has 1 saturated heterocycles. The maximum absolute atomic E-state index is 13.8. The summed E-state index contributed by atoms with van der Waals surface area (Å²) in [7, 11) is 1.88. The number of β-amino-alcohol motifs (C(OH)–C–C–N with tert-alkyl or cyclic N) is 1. The standard InChI is InChI=1S/C29H37N7O3/c1-4-24(37)19-34-11-13-35(14-12-34)29(39)30-16-22-10-9-21(15-20(22)2)28(38)36-18-23-17-31-33(3)27(23)32-25-7-5-6-8-26(25)36/h5-10,15,17,24,32,37H,4,11-14,16,18-19H2,1-3H3,(H,30,39). The van der Waals surface area contributed by atoms with E-state index in [1.807, 2.05) is 68.3 Å². The highest BCUT2D eigenvalue weighted by atomic mass is 16.3. The highest BCUT2D eigenvalue weighted by Gasteiger charge is 2.27. The molecule has 3 amide bonds. The molecule has 2 aromatic carbocycles. The third kappa shape index (κ3) is 5.76. The van der Waals surface area contributed by atoms with Crippen molar-refractivity contribution in [1.82, 2.24) is 24.9 Å². The number of aryl methyl sites for hydroxylation is 2. The van der Waals surface area contributed by atoms with Crippen LogP contribution in [0.25, 0.3) is 0 Å². The van der Waals surface area contributed by atoms with Crippen molar-refractivity contribution in [3.05, 3.63) is 70.9 Å². The monoisotopic (exact) mass is 531 g/mol. The van der Waals surface area contributed by atoms with Gasteiger partial charge in [-0.05, 0) is 48.7 Å². The van der Waals surface area contributed by atoms with E-state index in [1.165, 1.54) is 0 Å². The van der Waals surface area contributed by atoms with Gasteiger partial charge in [-0.15, -0.1) is 0 Å². The van der Waals surface area contributed by atoms with Crippen molar-refractivity contribution in [1.29, 1.82) is 0 Å². The van der Waals surface area contributed by atoms with Crippen LogP contribution in [0.15, 0.2) is 48.7 Å². The number of carbonyl (C=O) groups is 2. The fraction of sp³-hybridized carbons (Fsp3) is 0.414. The number of hydrogen-bond donors (Lipinski definition) is 3. The summed E-state index contributed by atoms with van der Waals surface area (Å²) in [5, 5.41) is 20.7. The van der Waals surface area contributed by atoms with Gasteiger partial charge in [0.15, 0.2) is 0 Å². The lowest BCUT2D eigenvalue weighted by Crippen LogP contribution is -2.52. The zero-order chi connectivity index (χ0) is 27.5. The number of benzene rings is 2. The summed E-state index contributed by atoms with van der Waals surface area (Å²) in [6.45, 7) is 8.19. The second kappa shape index (κ2) is 11.5. The molecule has 1 aromatic heterocycles. The maximum Gasteiger partial charge on any atom is 0.317 e. The summed E-state index contributed by atoms with van der Waals surface area (Å²) in [6.07, 6.45) is 2.21. The first-order chi connectivity index (χ1) is 18.8. The molecule has 0 spiro atoms. The highest BCUT2D eigenvalue weighted by Crippen LogP contribution is 2.36. The van der Waals surface area contributed by atoms with E-state index in [9.17, 15) is 14.7 Å². The van der Waals surface area contributed by atoms with Crippen molar-refractivity contribution in [3.8, 4) is 0 Å². The zero-order valence-electron chi connectivity index (χ0n) is 22.9. The molecular weight excluding hydrogens is 494 g/mol. The number of carbonyl (C=O) groups excluding carboxylic acids is 2. The van der Waals surface area contributed by atoms with E-state index in [-0.39, 0.29) is 18.0 Å². The molecule has 1 fully saturated rings. The summed E-state index contributed by atoms with van der Waals surface area (Å²) < 4.78 is 1.78. The quantitative estimate of drug-likeness (QED) is 0.451. The Bertz CT molecular complexity index is 1350. The number of urea groups is 1. The molecule has 5 rings (SSSR count). The van der Waals surface area contributed by atoms with E-state index in [0.29, 0.717) is 38.3 Å². The molecule has 3 N–H and O–H groups in total. The van der Waals surface area contributed by atoms with Gasteiger partial charge in [0.1, 0.15) is 5.82 Å². The lowest BCUT2D eigenvalue weighted by atomic mass is 10.0. The van der Waals surface area contributed by atoms with Gasteiger partial charge < -0.3 is 25.5 Å². The summed E-state index contributed by atoms with van der Waals surface area (Å²) in [5.41, 5.74) is 5.12. The van der Waals surface area contributed by atoms with Crippen molar-refractivity contribution < 1.29 is 14.7 Å². The number of fused-ring (bicyclic) bond motifs is 2. The molecule has 0 bridgehead atoms. The van der Waals surface area contributed by atoms with Crippen LogP contribution in [0, 0.1) is 6.92 Å². The van der Waals surface area contributed by atoms with E-state index >= 15 is 0 Å². The number of anilines is 3. The summed E-state index contributed by atoms with van der Waals surface area (Å²) in [4.78, 5) is 32.3. The van der Waals surface area contributed by atoms with Gasteiger partial charge in [-0.25, -0.2) is 4.79 Å². The van der Waals surface area contributed by atoms with E-state index in [1.54, 1.807) is 15.8 Å². The van der Waals surface area contributed by atoms with Gasteiger partial charge in [0.2, 0.25) is 0 Å². The van der Waals surface area contributed by atoms with Gasteiger partial charge in [-0.2, -0.15) is 5.10 Å². The van der Waals surface area contributed by atoms with Gasteiger partial charge in [0.05, 0.1) is 30.2 Å². The van der Waals surface area contributed by atoms with Crippen LogP contribution in [0.3, 0.4) is 0 Å². The summed E-state index contributed by atoms with van der Waals surface area (Å²) in [5.74, 6) is 0.783. The fourth-order valence-electron chi connectivity index (χ4n) is 5.17. The van der Waals surface area contributed by atoms with Crippen LogP contribution in [0.1, 0.15) is 40.4 Å². The Morgan fingerprint density at radius 1 is 1.13 bits per heavy atom. The Labute approximate surface area is 229 Å². The molecule has 3 heterocycles. The Hall–Kier alpha value is -3.89. The minimum absolute atomic E-state index is 0.0915. The number of nitrogens with zero attached hydrogens (tertiary/aromatic N) is 5. The largest absolute Gasteiger partial charge is 0.392 e. The minimum Gasteiger partial charge on any atom is -0.392 e. The van der Waals surface area contributed by atoms with Crippen LogP contribution < -0.4 is 15.5 Å². The molecule has 3 aromatic rings. The highest BCUT2D eigenvalue weighted by molar-refractivity contribution is 6.08. The molecular formula is C29H37N7O3. The van der Waals surface area contributed by atoms with Crippen LogP contribution in [0.5, 0.6) is 0 Å². The smallest absolute Gasteiger partial charge is 0.317 e. The second-order valence-corrected chi connectivity index (χ2v) is 10.3. The fourth-order valence-corrected chi connectivity index (χ4v) is 5.17. The number of aliphatic hydroxyl groups excluding tert-OH is 1. The number of aliphatic hydroxyl groups is 1. The minimum atomic E-state index is -0.318.